The van der Waals surface area contributed by atoms with E-state index in [1.54, 1.807) is 12.1 Å². The lowest BCUT2D eigenvalue weighted by Gasteiger charge is -2.21. The highest BCUT2D eigenvalue weighted by Crippen LogP contribution is 2.28. The Hall–Kier alpha value is -2.65. The van der Waals surface area contributed by atoms with E-state index < -0.39 is 0 Å². The standard InChI is InChI=1S/C14H16N6/c1-9-13(19-16)17-10(2)18-14(9)20(3)12-6-4-11(8-15)5-7-12/h4-7H,16H2,1-3H3,(H,17,18,19). The van der Waals surface area contributed by atoms with Gasteiger partial charge in [-0.25, -0.2) is 15.8 Å². The van der Waals surface area contributed by atoms with E-state index in [9.17, 15) is 0 Å². The van der Waals surface area contributed by atoms with Crippen LogP contribution in [0.3, 0.4) is 0 Å². The van der Waals surface area contributed by atoms with Crippen molar-refractivity contribution in [1.82, 2.24) is 9.97 Å². The number of hydrogen-bond donors (Lipinski definition) is 2. The summed E-state index contributed by atoms with van der Waals surface area (Å²) in [5, 5.41) is 8.83. The first-order valence-corrected chi connectivity index (χ1v) is 6.12. The van der Waals surface area contributed by atoms with Crippen LogP contribution in [0.5, 0.6) is 0 Å². The largest absolute Gasteiger partial charge is 0.329 e. The Balaban J connectivity index is 2.44. The summed E-state index contributed by atoms with van der Waals surface area (Å²) >= 11 is 0. The summed E-state index contributed by atoms with van der Waals surface area (Å²) in [5.41, 5.74) is 5.01. The second-order valence-corrected chi connectivity index (χ2v) is 4.43. The Morgan fingerprint density at radius 2 is 1.85 bits per heavy atom. The van der Waals surface area contributed by atoms with Gasteiger partial charge in [-0.3, -0.25) is 0 Å². The Kier molecular flexibility index (Phi) is 3.82. The highest BCUT2D eigenvalue weighted by molar-refractivity contribution is 5.67. The van der Waals surface area contributed by atoms with Gasteiger partial charge < -0.3 is 10.3 Å². The second-order valence-electron chi connectivity index (χ2n) is 4.43. The van der Waals surface area contributed by atoms with Crippen LogP contribution in [0.25, 0.3) is 0 Å². The Morgan fingerprint density at radius 3 is 2.40 bits per heavy atom. The maximum Gasteiger partial charge on any atom is 0.148 e. The fraction of sp³-hybridized carbons (Fsp3) is 0.214. The minimum atomic E-state index is 0.605. The molecule has 0 aliphatic carbocycles. The fourth-order valence-electron chi connectivity index (χ4n) is 1.96. The van der Waals surface area contributed by atoms with Gasteiger partial charge in [-0.1, -0.05) is 0 Å². The molecule has 0 fully saturated rings. The number of aromatic nitrogens is 2. The number of hydrogen-bond acceptors (Lipinski definition) is 6. The fourth-order valence-corrected chi connectivity index (χ4v) is 1.96. The molecule has 0 bridgehead atoms. The van der Waals surface area contributed by atoms with Gasteiger partial charge in [0.2, 0.25) is 0 Å². The molecule has 1 aromatic carbocycles. The summed E-state index contributed by atoms with van der Waals surface area (Å²) in [6.07, 6.45) is 0. The van der Waals surface area contributed by atoms with E-state index >= 15 is 0 Å². The number of nitrogens with zero attached hydrogens (tertiary/aromatic N) is 4. The summed E-state index contributed by atoms with van der Waals surface area (Å²) in [6, 6.07) is 9.41. The lowest BCUT2D eigenvalue weighted by atomic mass is 10.2. The molecule has 0 aliphatic rings. The van der Waals surface area contributed by atoms with Crippen LogP contribution in [0.1, 0.15) is 17.0 Å². The van der Waals surface area contributed by atoms with Crippen molar-refractivity contribution in [3.63, 3.8) is 0 Å². The van der Waals surface area contributed by atoms with Crippen LogP contribution in [0.4, 0.5) is 17.3 Å². The van der Waals surface area contributed by atoms with Crippen molar-refractivity contribution < 1.29 is 0 Å². The predicted molar refractivity (Wildman–Crippen MR) is 78.5 cm³/mol. The van der Waals surface area contributed by atoms with Crippen molar-refractivity contribution in [2.24, 2.45) is 5.84 Å². The Labute approximate surface area is 117 Å². The molecule has 0 unspecified atom stereocenters. The van der Waals surface area contributed by atoms with Crippen molar-refractivity contribution in [2.45, 2.75) is 13.8 Å². The van der Waals surface area contributed by atoms with Crippen LogP contribution in [0, 0.1) is 25.2 Å². The van der Waals surface area contributed by atoms with E-state index in [4.69, 9.17) is 11.1 Å². The topological polar surface area (TPSA) is 90.9 Å². The van der Waals surface area contributed by atoms with Crippen LogP contribution in [0.2, 0.25) is 0 Å². The van der Waals surface area contributed by atoms with Crippen molar-refractivity contribution in [3.05, 3.63) is 41.2 Å². The predicted octanol–water partition coefficient (Wildman–Crippen LogP) is 2.02. The molecular weight excluding hydrogens is 252 g/mol. The number of rotatable bonds is 3. The zero-order chi connectivity index (χ0) is 14.7. The zero-order valence-corrected chi connectivity index (χ0v) is 11.7. The molecule has 0 amide bonds. The highest BCUT2D eigenvalue weighted by atomic mass is 15.3. The molecule has 3 N–H and O–H groups in total. The highest BCUT2D eigenvalue weighted by Gasteiger charge is 2.13. The van der Waals surface area contributed by atoms with E-state index in [1.807, 2.05) is 37.9 Å². The number of hydrazine groups is 1. The smallest absolute Gasteiger partial charge is 0.148 e. The van der Waals surface area contributed by atoms with Gasteiger partial charge in [-0.15, -0.1) is 0 Å². The number of aryl methyl sites for hydroxylation is 1. The van der Waals surface area contributed by atoms with E-state index in [2.05, 4.69) is 21.5 Å². The van der Waals surface area contributed by atoms with Gasteiger partial charge in [-0.2, -0.15) is 5.26 Å². The van der Waals surface area contributed by atoms with E-state index in [0.717, 1.165) is 17.1 Å². The van der Waals surface area contributed by atoms with Crippen LogP contribution in [-0.4, -0.2) is 17.0 Å². The van der Waals surface area contributed by atoms with Crippen molar-refractivity contribution in [3.8, 4) is 6.07 Å². The van der Waals surface area contributed by atoms with Crippen LogP contribution in [-0.2, 0) is 0 Å². The molecule has 0 spiro atoms. The Bertz CT molecular complexity index is 657. The van der Waals surface area contributed by atoms with Gasteiger partial charge in [0.1, 0.15) is 17.5 Å². The summed E-state index contributed by atoms with van der Waals surface area (Å²) in [4.78, 5) is 10.6. The Morgan fingerprint density at radius 1 is 1.20 bits per heavy atom. The molecular formula is C14H16N6. The van der Waals surface area contributed by atoms with Crippen molar-refractivity contribution in [2.75, 3.05) is 17.4 Å². The van der Waals surface area contributed by atoms with E-state index in [1.165, 1.54) is 0 Å². The molecule has 6 heteroatoms. The lowest BCUT2D eigenvalue weighted by Crippen LogP contribution is -2.18. The molecule has 2 aromatic rings. The lowest BCUT2D eigenvalue weighted by molar-refractivity contribution is 0.987. The molecule has 0 saturated carbocycles. The maximum atomic E-state index is 8.83. The first-order valence-electron chi connectivity index (χ1n) is 6.12. The molecule has 0 radical (unpaired) electrons. The molecule has 6 nitrogen and oxygen atoms in total. The minimum absolute atomic E-state index is 0.605. The van der Waals surface area contributed by atoms with Gasteiger partial charge in [0.05, 0.1) is 11.6 Å². The van der Waals surface area contributed by atoms with Crippen LogP contribution < -0.4 is 16.2 Å². The number of nitrogen functional groups attached to an aromatic ring is 1. The van der Waals surface area contributed by atoms with E-state index in [-0.39, 0.29) is 0 Å². The number of nitrogens with one attached hydrogen (secondary N) is 1. The number of anilines is 3. The second kappa shape index (κ2) is 5.55. The molecule has 0 atom stereocenters. The van der Waals surface area contributed by atoms with Gasteiger partial charge >= 0.3 is 0 Å². The summed E-state index contributed by atoms with van der Waals surface area (Å²) < 4.78 is 0. The molecule has 1 heterocycles. The summed E-state index contributed by atoms with van der Waals surface area (Å²) in [6.45, 7) is 3.72. The third kappa shape index (κ3) is 2.53. The van der Waals surface area contributed by atoms with Gasteiger partial charge in [0.15, 0.2) is 0 Å². The monoisotopic (exact) mass is 268 g/mol. The molecule has 102 valence electrons. The summed E-state index contributed by atoms with van der Waals surface area (Å²) in [5.74, 6) is 7.49. The molecule has 20 heavy (non-hydrogen) atoms. The molecule has 0 saturated heterocycles. The number of nitrogens with two attached hydrogens (primary N) is 1. The van der Waals surface area contributed by atoms with Crippen LogP contribution in [0.15, 0.2) is 24.3 Å². The molecule has 1 aromatic heterocycles. The summed E-state index contributed by atoms with van der Waals surface area (Å²) in [7, 11) is 1.91. The normalized spacial score (nSPS) is 9.95. The number of nitriles is 1. The van der Waals surface area contributed by atoms with E-state index in [0.29, 0.717) is 17.2 Å². The SMILES string of the molecule is Cc1nc(NN)c(C)c(N(C)c2ccc(C#N)cc2)n1. The van der Waals surface area contributed by atoms with Crippen LogP contribution >= 0.6 is 0 Å². The van der Waals surface area contributed by atoms with Crippen molar-refractivity contribution >= 4 is 17.3 Å². The quantitative estimate of drug-likeness (QED) is 0.653. The third-order valence-electron chi connectivity index (χ3n) is 3.07. The average molecular weight is 268 g/mol. The van der Waals surface area contributed by atoms with Gasteiger partial charge in [0, 0.05) is 18.3 Å². The first-order chi connectivity index (χ1) is 9.56. The van der Waals surface area contributed by atoms with Crippen molar-refractivity contribution in [1.29, 1.82) is 5.26 Å². The third-order valence-corrected chi connectivity index (χ3v) is 3.07. The maximum absolute atomic E-state index is 8.83. The molecule has 2 rings (SSSR count). The minimum Gasteiger partial charge on any atom is -0.329 e. The zero-order valence-electron chi connectivity index (χ0n) is 11.7. The number of benzene rings is 1. The van der Waals surface area contributed by atoms with Gasteiger partial charge in [0.25, 0.3) is 0 Å². The first kappa shape index (κ1) is 13.8. The van der Waals surface area contributed by atoms with Gasteiger partial charge in [-0.05, 0) is 38.1 Å². The average Bonchev–Trinajstić information content (AvgIpc) is 2.48. The molecule has 0 aliphatic heterocycles.